The molecule has 0 spiro atoms. The fourth-order valence-corrected chi connectivity index (χ4v) is 14.2. The van der Waals surface area contributed by atoms with Gasteiger partial charge in [0, 0.05) is 59.2 Å². The number of rotatable bonds is 21. The molecule has 0 fully saturated rings. The van der Waals surface area contributed by atoms with Gasteiger partial charge in [-0.1, -0.05) is 211 Å². The molecule has 4 aromatic heterocycles. The van der Waals surface area contributed by atoms with Crippen LogP contribution in [0.15, 0.2) is 190 Å². The molecule has 0 aliphatic heterocycles. The average Bonchev–Trinajstić information content (AvgIpc) is 4.11. The lowest BCUT2D eigenvalue weighted by atomic mass is 9.84. The summed E-state index contributed by atoms with van der Waals surface area (Å²) in [5, 5.41) is 9.12. The van der Waals surface area contributed by atoms with E-state index < -0.39 is 0 Å². The van der Waals surface area contributed by atoms with Crippen LogP contribution in [0.25, 0.3) is 113 Å². The van der Waals surface area contributed by atoms with Gasteiger partial charge in [0.2, 0.25) is 0 Å². The van der Waals surface area contributed by atoms with Gasteiger partial charge in [0.15, 0.2) is 0 Å². The van der Waals surface area contributed by atoms with Crippen molar-refractivity contribution in [3.63, 3.8) is 0 Å². The molecule has 0 radical (unpaired) electrons. The summed E-state index contributed by atoms with van der Waals surface area (Å²) in [7, 11) is 0. The molecule has 0 saturated heterocycles. The predicted molar refractivity (Wildman–Crippen MR) is 335 cm³/mol. The monoisotopic (exact) mass is 1050 g/mol. The highest BCUT2D eigenvalue weighted by Gasteiger charge is 2.24. The number of imidazole rings is 1. The van der Waals surface area contributed by atoms with E-state index in [9.17, 15) is 9.59 Å². The molecule has 6 nitrogen and oxygen atoms in total. The van der Waals surface area contributed by atoms with E-state index >= 15 is 4.79 Å². The standard InChI is InChI=1S/C72H65N3O3S/c1-2-3-4-5-6-7-9-15-26-47(27-16-10-8-11-25-42-74-70(76)57-39-37-55-54-34-23-24-35-63(54)79-64-41-40-58(71(74)77)66(57)67(55)64)51-44-60-53(49-30-19-13-20-31-49)36-38-56-65(60)61(45-51)72(78)75-62-46-52(48-28-17-12-18-29-48)43-59(68(62)73-69(56)75)50-32-21-14-22-33-50/h12-14,17-24,28-41,43-47H,2-11,15-16,25-27,42H2,1H3. The van der Waals surface area contributed by atoms with Crippen LogP contribution in [-0.2, 0) is 6.54 Å². The van der Waals surface area contributed by atoms with Crippen LogP contribution in [-0.4, -0.2) is 14.0 Å². The Morgan fingerprint density at radius 2 is 0.987 bits per heavy atom. The zero-order chi connectivity index (χ0) is 53.4. The third kappa shape index (κ3) is 9.36. The zero-order valence-electron chi connectivity index (χ0n) is 45.1. The van der Waals surface area contributed by atoms with Gasteiger partial charge in [-0.05, 0) is 123 Å². The summed E-state index contributed by atoms with van der Waals surface area (Å²) in [5.74, 6) is 0.274. The summed E-state index contributed by atoms with van der Waals surface area (Å²) in [6.07, 6.45) is 17.0. The van der Waals surface area contributed by atoms with E-state index in [1.807, 2.05) is 28.7 Å². The van der Waals surface area contributed by atoms with E-state index in [0.717, 1.165) is 144 Å². The summed E-state index contributed by atoms with van der Waals surface area (Å²) >= 11 is 1.71. The number of fused-ring (bicyclic) bond motifs is 6. The number of aromatic nitrogens is 3. The van der Waals surface area contributed by atoms with Crippen molar-refractivity contribution in [1.29, 1.82) is 0 Å². The molecule has 9 aromatic carbocycles. The van der Waals surface area contributed by atoms with Crippen molar-refractivity contribution < 1.29 is 0 Å². The summed E-state index contributed by atoms with van der Waals surface area (Å²) in [5.41, 5.74) is 9.62. The Hall–Kier alpha value is -8.00. The number of pyridine rings is 2. The Labute approximate surface area is 464 Å². The molecule has 0 aliphatic carbocycles. The first kappa shape index (κ1) is 50.5. The molecule has 4 heterocycles. The van der Waals surface area contributed by atoms with Crippen molar-refractivity contribution >= 4 is 91.3 Å². The minimum absolute atomic E-state index is 0.0311. The largest absolute Gasteiger partial charge is 0.274 e. The van der Waals surface area contributed by atoms with Crippen molar-refractivity contribution in [2.24, 2.45) is 0 Å². The SMILES string of the molecule is CCCCCCCCCCC(CCCCCCCn1c(=O)c2ccc3sc4ccccc4c4ccc(c1=O)c2c34)c1cc2c(-c3ccccc3)ccc3c2c(c1)c(=O)n1c2cc(-c4ccccc4)cc(-c4ccccc4)c2nc31. The van der Waals surface area contributed by atoms with E-state index in [1.165, 1.54) is 59.8 Å². The first-order valence-electron chi connectivity index (χ1n) is 29.1. The maximum atomic E-state index is 15.7. The third-order valence-electron chi connectivity index (χ3n) is 17.1. The fourth-order valence-electron chi connectivity index (χ4n) is 13.1. The van der Waals surface area contributed by atoms with Crippen LogP contribution >= 0.6 is 11.3 Å². The molecule has 79 heavy (non-hydrogen) atoms. The van der Waals surface area contributed by atoms with Gasteiger partial charge < -0.3 is 0 Å². The summed E-state index contributed by atoms with van der Waals surface area (Å²) < 4.78 is 5.68. The molecular formula is C72H65N3O3S. The van der Waals surface area contributed by atoms with Crippen LogP contribution in [0.3, 0.4) is 0 Å². The molecule has 7 heteroatoms. The van der Waals surface area contributed by atoms with E-state index in [1.54, 1.807) is 11.3 Å². The van der Waals surface area contributed by atoms with Gasteiger partial charge >= 0.3 is 0 Å². The molecule has 0 N–H and O–H groups in total. The smallest absolute Gasteiger partial charge is 0.264 e. The number of nitrogens with zero attached hydrogens (tertiary/aromatic N) is 3. The minimum atomic E-state index is -0.185. The van der Waals surface area contributed by atoms with E-state index in [4.69, 9.17) is 4.98 Å². The minimum Gasteiger partial charge on any atom is -0.274 e. The summed E-state index contributed by atoms with van der Waals surface area (Å²) in [6.45, 7) is 2.69. The molecule has 1 atom stereocenters. The Morgan fingerprint density at radius 3 is 1.68 bits per heavy atom. The van der Waals surface area contributed by atoms with E-state index in [-0.39, 0.29) is 22.6 Å². The number of hydrogen-bond acceptors (Lipinski definition) is 5. The lowest BCUT2D eigenvalue weighted by Gasteiger charge is -2.21. The Bertz CT molecular complexity index is 4490. The van der Waals surface area contributed by atoms with Crippen molar-refractivity contribution in [2.75, 3.05) is 0 Å². The maximum absolute atomic E-state index is 15.7. The molecule has 0 amide bonds. The third-order valence-corrected chi connectivity index (χ3v) is 18.3. The van der Waals surface area contributed by atoms with Gasteiger partial charge in [-0.25, -0.2) is 4.98 Å². The molecule has 1 unspecified atom stereocenters. The number of hydrogen-bond donors (Lipinski definition) is 0. The first-order chi connectivity index (χ1) is 38.9. The van der Waals surface area contributed by atoms with Crippen molar-refractivity contribution in [1.82, 2.24) is 14.0 Å². The van der Waals surface area contributed by atoms with Crippen LogP contribution in [0.4, 0.5) is 0 Å². The van der Waals surface area contributed by atoms with Crippen LogP contribution in [0, 0.1) is 0 Å². The number of unbranched alkanes of at least 4 members (excludes halogenated alkanes) is 11. The highest BCUT2D eigenvalue weighted by molar-refractivity contribution is 7.25. The Kier molecular flexibility index (Phi) is 14.1. The van der Waals surface area contributed by atoms with Crippen LogP contribution in [0.1, 0.15) is 115 Å². The Balaban J connectivity index is 0.820. The molecule has 0 aliphatic rings. The average molecular weight is 1050 g/mol. The summed E-state index contributed by atoms with van der Waals surface area (Å²) in [4.78, 5) is 49.4. The van der Waals surface area contributed by atoms with Gasteiger partial charge in [-0.2, -0.15) is 0 Å². The second-order valence-corrected chi connectivity index (χ2v) is 23.2. The van der Waals surface area contributed by atoms with Crippen LogP contribution < -0.4 is 16.7 Å². The predicted octanol–water partition coefficient (Wildman–Crippen LogP) is 18.9. The fraction of sp³-hybridized carbons (Fsp3) is 0.250. The quantitative estimate of drug-likeness (QED) is 0.0408. The zero-order valence-corrected chi connectivity index (χ0v) is 45.9. The van der Waals surface area contributed by atoms with Crippen molar-refractivity contribution in [2.45, 2.75) is 116 Å². The first-order valence-corrected chi connectivity index (χ1v) is 29.9. The molecule has 13 aromatic rings. The van der Waals surface area contributed by atoms with Gasteiger partial charge in [0.1, 0.15) is 5.65 Å². The Morgan fingerprint density at radius 1 is 0.418 bits per heavy atom. The highest BCUT2D eigenvalue weighted by Crippen LogP contribution is 2.43. The summed E-state index contributed by atoms with van der Waals surface area (Å²) in [6, 6.07) is 61.4. The normalized spacial score (nSPS) is 12.5. The second-order valence-electron chi connectivity index (χ2n) is 22.1. The van der Waals surface area contributed by atoms with Gasteiger partial charge in [0.25, 0.3) is 16.7 Å². The highest BCUT2D eigenvalue weighted by atomic mass is 32.1. The molecule has 0 saturated carbocycles. The van der Waals surface area contributed by atoms with Crippen molar-refractivity contribution in [3.05, 3.63) is 213 Å². The topological polar surface area (TPSA) is 73.4 Å². The van der Waals surface area contributed by atoms with Crippen LogP contribution in [0.2, 0.25) is 0 Å². The van der Waals surface area contributed by atoms with Gasteiger partial charge in [0.05, 0.1) is 11.0 Å². The lowest BCUT2D eigenvalue weighted by molar-refractivity contribution is 0.480. The number of benzene rings is 9. The lowest BCUT2D eigenvalue weighted by Crippen LogP contribution is -2.33. The second kappa shape index (κ2) is 22.0. The molecular weight excluding hydrogens is 987 g/mol. The van der Waals surface area contributed by atoms with Crippen molar-refractivity contribution in [3.8, 4) is 33.4 Å². The molecule has 0 bridgehead atoms. The molecule has 392 valence electrons. The van der Waals surface area contributed by atoms with Gasteiger partial charge in [-0.15, -0.1) is 11.3 Å². The maximum Gasteiger partial charge on any atom is 0.264 e. The van der Waals surface area contributed by atoms with Gasteiger partial charge in [-0.3, -0.25) is 23.4 Å². The van der Waals surface area contributed by atoms with E-state index in [0.29, 0.717) is 23.0 Å². The van der Waals surface area contributed by atoms with Crippen LogP contribution in [0.5, 0.6) is 0 Å². The molecule has 13 rings (SSSR count). The van der Waals surface area contributed by atoms with E-state index in [2.05, 4.69) is 159 Å².